The number of esters is 2. The Kier molecular flexibility index (Phi) is 7.00. The molecule has 0 aliphatic carbocycles. The summed E-state index contributed by atoms with van der Waals surface area (Å²) in [6.07, 6.45) is 0. The second-order valence-corrected chi connectivity index (χ2v) is 7.20. The molecule has 0 atom stereocenters. The van der Waals surface area contributed by atoms with Gasteiger partial charge in [0, 0.05) is 17.5 Å². The number of hydrogen-bond donors (Lipinski definition) is 0. The molecule has 0 fully saturated rings. The van der Waals surface area contributed by atoms with Crippen LogP contribution < -0.4 is 0 Å². The molecule has 0 bridgehead atoms. The van der Waals surface area contributed by atoms with E-state index in [1.807, 2.05) is 19.9 Å². The van der Waals surface area contributed by atoms with Crippen molar-refractivity contribution < 1.29 is 23.5 Å². The van der Waals surface area contributed by atoms with Gasteiger partial charge in [-0.1, -0.05) is 0 Å². The van der Waals surface area contributed by atoms with Gasteiger partial charge in [0.2, 0.25) is 0 Å². The van der Waals surface area contributed by atoms with Crippen LogP contribution >= 0.6 is 0 Å². The van der Waals surface area contributed by atoms with Crippen molar-refractivity contribution >= 4 is 23.2 Å². The highest BCUT2D eigenvalue weighted by Crippen LogP contribution is 2.14. The van der Waals surface area contributed by atoms with E-state index in [0.717, 1.165) is 11.4 Å². The lowest BCUT2D eigenvalue weighted by Crippen LogP contribution is -2.10. The molecular formula is C22H25FN6O4. The minimum atomic E-state index is -0.559. The first kappa shape index (κ1) is 23.8. The van der Waals surface area contributed by atoms with E-state index in [1.165, 1.54) is 10.6 Å². The molecular weight excluding hydrogens is 431 g/mol. The van der Waals surface area contributed by atoms with Crippen molar-refractivity contribution in [2.24, 2.45) is 0 Å². The van der Waals surface area contributed by atoms with E-state index in [0.29, 0.717) is 23.6 Å². The van der Waals surface area contributed by atoms with Crippen molar-refractivity contribution in [3.63, 3.8) is 0 Å². The van der Waals surface area contributed by atoms with Crippen molar-refractivity contribution in [1.82, 2.24) is 29.2 Å². The molecule has 4 aromatic heterocycles. The molecule has 4 rings (SSSR count). The smallest absolute Gasteiger partial charge is 0.357 e. The summed E-state index contributed by atoms with van der Waals surface area (Å²) in [5.74, 6) is -1.47. The molecule has 0 radical (unpaired) electrons. The average molecular weight is 456 g/mol. The van der Waals surface area contributed by atoms with Crippen LogP contribution in [0.3, 0.4) is 0 Å². The zero-order valence-corrected chi connectivity index (χ0v) is 19.3. The van der Waals surface area contributed by atoms with Crippen molar-refractivity contribution in [2.45, 2.75) is 41.5 Å². The van der Waals surface area contributed by atoms with Gasteiger partial charge in [-0.15, -0.1) is 0 Å². The number of aryl methyl sites for hydroxylation is 4. The van der Waals surface area contributed by atoms with Crippen LogP contribution in [0.1, 0.15) is 57.6 Å². The van der Waals surface area contributed by atoms with Gasteiger partial charge < -0.3 is 9.47 Å². The highest BCUT2D eigenvalue weighted by molar-refractivity contribution is 5.88. The van der Waals surface area contributed by atoms with Gasteiger partial charge in [0.1, 0.15) is 0 Å². The molecule has 0 saturated carbocycles. The number of carbonyl (C=O) groups excluding carboxylic acids is 2. The van der Waals surface area contributed by atoms with Crippen LogP contribution in [0.2, 0.25) is 0 Å². The predicted octanol–water partition coefficient (Wildman–Crippen LogP) is 3.18. The first-order valence-electron chi connectivity index (χ1n) is 10.4. The van der Waals surface area contributed by atoms with E-state index >= 15 is 0 Å². The Morgan fingerprint density at radius 2 is 1.39 bits per heavy atom. The fourth-order valence-electron chi connectivity index (χ4n) is 3.10. The zero-order chi connectivity index (χ0) is 24.3. The molecule has 0 unspecified atom stereocenters. The summed E-state index contributed by atoms with van der Waals surface area (Å²) in [6, 6.07) is 5.03. The lowest BCUT2D eigenvalue weighted by molar-refractivity contribution is 0.0510. The predicted molar refractivity (Wildman–Crippen MR) is 117 cm³/mol. The van der Waals surface area contributed by atoms with E-state index in [1.54, 1.807) is 38.3 Å². The van der Waals surface area contributed by atoms with Gasteiger partial charge in [0.15, 0.2) is 28.5 Å². The molecule has 0 spiro atoms. The summed E-state index contributed by atoms with van der Waals surface area (Å²) in [5, 5.41) is 8.25. The SMILES string of the molecule is CCOC(=O)c1cc(C)n2nc(C)c(F)c2n1.CCOC(=O)c1cc(C)n2nc(C)cc2n1. The number of rotatable bonds is 4. The highest BCUT2D eigenvalue weighted by Gasteiger charge is 2.17. The van der Waals surface area contributed by atoms with E-state index in [4.69, 9.17) is 9.47 Å². The first-order valence-corrected chi connectivity index (χ1v) is 10.4. The molecule has 0 amide bonds. The average Bonchev–Trinajstić information content (AvgIpc) is 3.29. The Morgan fingerprint density at radius 3 is 1.97 bits per heavy atom. The molecule has 0 aromatic carbocycles. The van der Waals surface area contributed by atoms with Crippen LogP contribution in [0, 0.1) is 33.5 Å². The third-order valence-corrected chi connectivity index (χ3v) is 4.57. The van der Waals surface area contributed by atoms with Gasteiger partial charge in [-0.05, 0) is 53.7 Å². The van der Waals surface area contributed by atoms with E-state index in [9.17, 15) is 14.0 Å². The lowest BCUT2D eigenvalue weighted by atomic mass is 10.3. The number of carbonyl (C=O) groups is 2. The number of nitrogens with zero attached hydrogens (tertiary/aromatic N) is 6. The van der Waals surface area contributed by atoms with Crippen LogP contribution in [0.5, 0.6) is 0 Å². The molecule has 0 N–H and O–H groups in total. The number of ether oxygens (including phenoxy) is 2. The standard InChI is InChI=1S/C11H12FN3O2.C11H13N3O2/c1-4-17-11(16)8-5-6(2)15-10(13-8)9(12)7(3)14-15;1-4-16-11(15)9-6-8(3)14-10(12-9)5-7(2)13-14/h5H,4H2,1-3H3;5-6H,4H2,1-3H3. The number of hydrogen-bond acceptors (Lipinski definition) is 8. The minimum absolute atomic E-state index is 0.0468. The van der Waals surface area contributed by atoms with Crippen LogP contribution in [0.25, 0.3) is 11.3 Å². The molecule has 33 heavy (non-hydrogen) atoms. The molecule has 0 aliphatic heterocycles. The molecule has 10 nitrogen and oxygen atoms in total. The van der Waals surface area contributed by atoms with E-state index < -0.39 is 17.8 Å². The van der Waals surface area contributed by atoms with Gasteiger partial charge >= 0.3 is 11.9 Å². The van der Waals surface area contributed by atoms with Gasteiger partial charge in [-0.2, -0.15) is 10.2 Å². The van der Waals surface area contributed by atoms with Gasteiger partial charge in [-0.3, -0.25) is 0 Å². The third kappa shape index (κ3) is 4.97. The normalized spacial score (nSPS) is 10.8. The van der Waals surface area contributed by atoms with Crippen LogP contribution in [-0.2, 0) is 9.47 Å². The van der Waals surface area contributed by atoms with Crippen LogP contribution in [0.4, 0.5) is 4.39 Å². The van der Waals surface area contributed by atoms with E-state index in [2.05, 4.69) is 20.2 Å². The minimum Gasteiger partial charge on any atom is -0.461 e. The first-order chi connectivity index (χ1) is 15.7. The maximum atomic E-state index is 13.7. The fourth-order valence-corrected chi connectivity index (χ4v) is 3.10. The monoisotopic (exact) mass is 456 g/mol. The Morgan fingerprint density at radius 1 is 0.848 bits per heavy atom. The van der Waals surface area contributed by atoms with Crippen LogP contribution in [0.15, 0.2) is 18.2 Å². The summed E-state index contributed by atoms with van der Waals surface area (Å²) in [5.41, 5.74) is 3.75. The summed E-state index contributed by atoms with van der Waals surface area (Å²) < 4.78 is 26.5. The maximum Gasteiger partial charge on any atom is 0.357 e. The fraction of sp³-hybridized carbons (Fsp3) is 0.364. The number of halogens is 1. The summed E-state index contributed by atoms with van der Waals surface area (Å²) >= 11 is 0. The molecule has 4 heterocycles. The molecule has 0 aliphatic rings. The Balaban J connectivity index is 0.000000186. The topological polar surface area (TPSA) is 113 Å². The number of aromatic nitrogens is 6. The molecule has 4 aromatic rings. The molecule has 174 valence electrons. The second kappa shape index (κ2) is 9.72. The lowest BCUT2D eigenvalue weighted by Gasteiger charge is -2.03. The third-order valence-electron chi connectivity index (χ3n) is 4.57. The second-order valence-electron chi connectivity index (χ2n) is 7.20. The molecule has 11 heteroatoms. The summed E-state index contributed by atoms with van der Waals surface area (Å²) in [6.45, 7) is 11.1. The maximum absolute atomic E-state index is 13.7. The molecule has 0 saturated heterocycles. The van der Waals surface area contributed by atoms with E-state index in [-0.39, 0.29) is 23.6 Å². The van der Waals surface area contributed by atoms with Gasteiger partial charge in [-0.25, -0.2) is 33.0 Å². The van der Waals surface area contributed by atoms with Crippen molar-refractivity contribution in [3.05, 3.63) is 58.2 Å². The number of fused-ring (bicyclic) bond motifs is 2. The Hall–Kier alpha value is -3.89. The summed E-state index contributed by atoms with van der Waals surface area (Å²) in [4.78, 5) is 31.2. The van der Waals surface area contributed by atoms with Crippen molar-refractivity contribution in [3.8, 4) is 0 Å². The quantitative estimate of drug-likeness (QED) is 0.430. The highest BCUT2D eigenvalue weighted by atomic mass is 19.1. The Labute approximate surface area is 189 Å². The van der Waals surface area contributed by atoms with Gasteiger partial charge in [0.25, 0.3) is 0 Å². The van der Waals surface area contributed by atoms with Gasteiger partial charge in [0.05, 0.1) is 24.6 Å². The Bertz CT molecular complexity index is 1340. The largest absolute Gasteiger partial charge is 0.461 e. The summed E-state index contributed by atoms with van der Waals surface area (Å²) in [7, 11) is 0. The van der Waals surface area contributed by atoms with Crippen molar-refractivity contribution in [1.29, 1.82) is 0 Å². The van der Waals surface area contributed by atoms with Crippen LogP contribution in [-0.4, -0.2) is 54.3 Å². The van der Waals surface area contributed by atoms with Crippen molar-refractivity contribution in [2.75, 3.05) is 13.2 Å². The zero-order valence-electron chi connectivity index (χ0n) is 19.3.